The lowest BCUT2D eigenvalue weighted by Gasteiger charge is -2.38. The molecule has 4 rings (SSSR count). The van der Waals surface area contributed by atoms with Crippen molar-refractivity contribution in [2.45, 2.75) is 55.8 Å². The summed E-state index contributed by atoms with van der Waals surface area (Å²) in [6.45, 7) is 3.27. The lowest BCUT2D eigenvalue weighted by Crippen LogP contribution is -2.48. The van der Waals surface area contributed by atoms with E-state index in [9.17, 15) is 27.9 Å². The zero-order valence-corrected chi connectivity index (χ0v) is 18.3. The standard InChI is InChI=1S/C21H24O10S/c1-21(2,25)17-13-9-12-16(17)20(24)31-18(12)19(13)30-15(23)8-7-14(22)29-10-3-5-11(6-4-10)32(26,27)28/h3-6,12-13,16-19,25H,7-9H2,1-2H3,(H,26,27,28). The van der Waals surface area contributed by atoms with Crippen molar-refractivity contribution in [1.82, 2.24) is 0 Å². The summed E-state index contributed by atoms with van der Waals surface area (Å²) >= 11 is 0. The smallest absolute Gasteiger partial charge is 0.311 e. The summed E-state index contributed by atoms with van der Waals surface area (Å²) in [4.78, 5) is 36.3. The van der Waals surface area contributed by atoms with Crippen molar-refractivity contribution >= 4 is 28.0 Å². The number of ether oxygens (including phenoxy) is 3. The normalized spacial score (nSPS) is 30.8. The van der Waals surface area contributed by atoms with Gasteiger partial charge in [-0.15, -0.1) is 0 Å². The third kappa shape index (κ3) is 4.12. The Morgan fingerprint density at radius 3 is 2.34 bits per heavy atom. The molecule has 6 unspecified atom stereocenters. The molecule has 1 aromatic carbocycles. The molecule has 0 amide bonds. The van der Waals surface area contributed by atoms with Gasteiger partial charge in [0.05, 0.1) is 29.3 Å². The van der Waals surface area contributed by atoms with Crippen LogP contribution >= 0.6 is 0 Å². The molecule has 2 N–H and O–H groups in total. The fraction of sp³-hybridized carbons (Fsp3) is 0.571. The maximum Gasteiger partial charge on any atom is 0.311 e. The van der Waals surface area contributed by atoms with Crippen LogP contribution in [0.3, 0.4) is 0 Å². The number of rotatable bonds is 7. The second kappa shape index (κ2) is 7.82. The van der Waals surface area contributed by atoms with Gasteiger partial charge in [0.15, 0.2) is 0 Å². The average Bonchev–Trinajstić information content (AvgIpc) is 3.29. The molecule has 3 aliphatic rings. The maximum atomic E-state index is 12.4. The molecule has 3 fully saturated rings. The molecule has 11 heteroatoms. The molecule has 1 aromatic rings. The predicted molar refractivity (Wildman–Crippen MR) is 106 cm³/mol. The Hall–Kier alpha value is -2.50. The number of esters is 3. The van der Waals surface area contributed by atoms with Crippen LogP contribution < -0.4 is 4.74 Å². The van der Waals surface area contributed by atoms with E-state index in [0.29, 0.717) is 6.42 Å². The van der Waals surface area contributed by atoms with Crippen LogP contribution in [0.25, 0.3) is 0 Å². The first-order valence-electron chi connectivity index (χ1n) is 10.3. The Morgan fingerprint density at radius 1 is 1.12 bits per heavy atom. The molecular formula is C21H24O10S. The molecule has 2 aliphatic carbocycles. The Kier molecular flexibility index (Phi) is 5.54. The first-order valence-corrected chi connectivity index (χ1v) is 11.7. The van der Waals surface area contributed by atoms with Crippen molar-refractivity contribution in [3.63, 3.8) is 0 Å². The lowest BCUT2D eigenvalue weighted by atomic mass is 9.71. The first-order chi connectivity index (χ1) is 14.9. The monoisotopic (exact) mass is 468 g/mol. The van der Waals surface area contributed by atoms with Gasteiger partial charge in [-0.05, 0) is 44.5 Å². The van der Waals surface area contributed by atoms with E-state index in [4.69, 9.17) is 18.8 Å². The second-order valence-electron chi connectivity index (χ2n) is 9.05. The van der Waals surface area contributed by atoms with Crippen molar-refractivity contribution in [2.24, 2.45) is 23.7 Å². The van der Waals surface area contributed by atoms with Gasteiger partial charge in [0.1, 0.15) is 18.0 Å². The van der Waals surface area contributed by atoms with Crippen molar-refractivity contribution in [3.8, 4) is 5.75 Å². The van der Waals surface area contributed by atoms with Gasteiger partial charge in [-0.2, -0.15) is 8.42 Å². The molecule has 1 aliphatic heterocycles. The van der Waals surface area contributed by atoms with E-state index < -0.39 is 39.9 Å². The summed E-state index contributed by atoms with van der Waals surface area (Å²) < 4.78 is 47.1. The van der Waals surface area contributed by atoms with Crippen molar-refractivity contribution in [2.75, 3.05) is 0 Å². The number of aliphatic hydroxyl groups is 1. The largest absolute Gasteiger partial charge is 0.458 e. The molecule has 6 atom stereocenters. The third-order valence-electron chi connectivity index (χ3n) is 6.52. The first kappa shape index (κ1) is 22.7. The van der Waals surface area contributed by atoms with Gasteiger partial charge < -0.3 is 19.3 Å². The lowest BCUT2D eigenvalue weighted by molar-refractivity contribution is -0.164. The Labute approximate surface area is 184 Å². The summed E-state index contributed by atoms with van der Waals surface area (Å²) in [6, 6.07) is 4.57. The average molecular weight is 468 g/mol. The van der Waals surface area contributed by atoms with Crippen LogP contribution in [-0.4, -0.2) is 53.8 Å². The van der Waals surface area contributed by atoms with Crippen LogP contribution in [0.4, 0.5) is 0 Å². The van der Waals surface area contributed by atoms with Crippen molar-refractivity contribution in [1.29, 1.82) is 0 Å². The molecule has 174 valence electrons. The minimum atomic E-state index is -4.35. The van der Waals surface area contributed by atoms with E-state index in [-0.39, 0.29) is 53.1 Å². The number of carbonyl (C=O) groups excluding carboxylic acids is 3. The van der Waals surface area contributed by atoms with E-state index in [1.54, 1.807) is 13.8 Å². The number of benzene rings is 1. The zero-order valence-electron chi connectivity index (χ0n) is 17.5. The van der Waals surface area contributed by atoms with Gasteiger partial charge in [-0.25, -0.2) is 0 Å². The van der Waals surface area contributed by atoms with Crippen LogP contribution in [0.1, 0.15) is 33.1 Å². The van der Waals surface area contributed by atoms with E-state index in [2.05, 4.69) is 0 Å². The quantitative estimate of drug-likeness (QED) is 0.338. The van der Waals surface area contributed by atoms with Crippen molar-refractivity contribution in [3.05, 3.63) is 24.3 Å². The Balaban J connectivity index is 1.32. The van der Waals surface area contributed by atoms with Crippen LogP contribution in [0.2, 0.25) is 0 Å². The van der Waals surface area contributed by atoms with Crippen LogP contribution in [0.5, 0.6) is 5.75 Å². The number of fused-ring (bicyclic) bond motifs is 1. The maximum absolute atomic E-state index is 12.4. The van der Waals surface area contributed by atoms with Gasteiger partial charge in [0.25, 0.3) is 10.1 Å². The third-order valence-corrected chi connectivity index (χ3v) is 7.38. The molecule has 1 heterocycles. The summed E-state index contributed by atoms with van der Waals surface area (Å²) in [6.07, 6.45) is -1.08. The fourth-order valence-electron chi connectivity index (χ4n) is 5.39. The second-order valence-corrected chi connectivity index (χ2v) is 10.5. The highest BCUT2D eigenvalue weighted by Crippen LogP contribution is 2.61. The SMILES string of the molecule is CC(C)(O)C1C2CC3C(OC(=O)C31)C2OC(=O)CCC(=O)Oc1ccc(S(=O)(=O)O)cc1. The van der Waals surface area contributed by atoms with E-state index >= 15 is 0 Å². The molecule has 0 spiro atoms. The van der Waals surface area contributed by atoms with Gasteiger partial charge in [0, 0.05) is 17.8 Å². The summed E-state index contributed by atoms with van der Waals surface area (Å²) in [5, 5.41) is 10.6. The van der Waals surface area contributed by atoms with E-state index in [1.807, 2.05) is 0 Å². The molecule has 0 radical (unpaired) electrons. The zero-order chi connectivity index (χ0) is 23.4. The Bertz CT molecular complexity index is 1040. The van der Waals surface area contributed by atoms with Crippen molar-refractivity contribution < 1.29 is 46.7 Å². The molecule has 32 heavy (non-hydrogen) atoms. The minimum Gasteiger partial charge on any atom is -0.458 e. The van der Waals surface area contributed by atoms with E-state index in [1.165, 1.54) is 12.1 Å². The highest BCUT2D eigenvalue weighted by atomic mass is 32.2. The topological polar surface area (TPSA) is 154 Å². The van der Waals surface area contributed by atoms with Gasteiger partial charge in [0.2, 0.25) is 0 Å². The molecule has 0 aromatic heterocycles. The molecule has 10 nitrogen and oxygen atoms in total. The number of hydrogen-bond acceptors (Lipinski definition) is 9. The van der Waals surface area contributed by atoms with Crippen LogP contribution in [0.15, 0.2) is 29.2 Å². The van der Waals surface area contributed by atoms with Gasteiger partial charge in [-0.1, -0.05) is 0 Å². The number of hydrogen-bond donors (Lipinski definition) is 2. The molecule has 2 saturated carbocycles. The van der Waals surface area contributed by atoms with Gasteiger partial charge >= 0.3 is 17.9 Å². The fourth-order valence-corrected chi connectivity index (χ4v) is 5.87. The molecule has 2 bridgehead atoms. The summed E-state index contributed by atoms with van der Waals surface area (Å²) in [5.41, 5.74) is -1.13. The number of carbonyl (C=O) groups is 3. The highest BCUT2D eigenvalue weighted by molar-refractivity contribution is 7.85. The van der Waals surface area contributed by atoms with Crippen LogP contribution in [-0.2, 0) is 34.0 Å². The predicted octanol–water partition coefficient (Wildman–Crippen LogP) is 1.11. The summed E-state index contributed by atoms with van der Waals surface area (Å²) in [5.74, 6) is -2.71. The Morgan fingerprint density at radius 2 is 1.75 bits per heavy atom. The van der Waals surface area contributed by atoms with E-state index in [0.717, 1.165) is 12.1 Å². The minimum absolute atomic E-state index is 0.0563. The highest BCUT2D eigenvalue weighted by Gasteiger charge is 2.70. The summed E-state index contributed by atoms with van der Waals surface area (Å²) in [7, 11) is -4.35. The van der Waals surface area contributed by atoms with Gasteiger partial charge in [-0.3, -0.25) is 18.9 Å². The molecular weight excluding hydrogens is 444 g/mol. The molecule has 1 saturated heterocycles. The van der Waals surface area contributed by atoms with Crippen LogP contribution in [0, 0.1) is 23.7 Å².